The molecule has 1 aromatic rings. The van der Waals surface area contributed by atoms with Gasteiger partial charge in [-0.1, -0.05) is 18.7 Å². The van der Waals surface area contributed by atoms with Gasteiger partial charge in [0.1, 0.15) is 0 Å². The monoisotopic (exact) mass is 195 g/mol. The summed E-state index contributed by atoms with van der Waals surface area (Å²) in [6, 6.07) is 7.34. The number of carbonyl (C=O) groups excluding carboxylic acids is 1. The highest BCUT2D eigenvalue weighted by Gasteiger charge is 1.96. The Morgan fingerprint density at radius 2 is 2.08 bits per heavy atom. The second-order valence-electron chi connectivity index (χ2n) is 2.52. The number of hydrogen-bond acceptors (Lipinski definition) is 1. The summed E-state index contributed by atoms with van der Waals surface area (Å²) in [5, 5.41) is 2.64. The highest BCUT2D eigenvalue weighted by Crippen LogP contribution is 2.10. The third kappa shape index (κ3) is 2.92. The van der Waals surface area contributed by atoms with Crippen molar-refractivity contribution in [2.45, 2.75) is 5.88 Å². The maximum absolute atomic E-state index is 10.9. The molecule has 0 aliphatic rings. The Hall–Kier alpha value is -1.28. The quantitative estimate of drug-likeness (QED) is 0.583. The van der Waals surface area contributed by atoms with Crippen molar-refractivity contribution >= 4 is 23.2 Å². The molecular weight excluding hydrogens is 186 g/mol. The van der Waals surface area contributed by atoms with Crippen LogP contribution >= 0.6 is 11.6 Å². The van der Waals surface area contributed by atoms with Crippen LogP contribution in [0.5, 0.6) is 0 Å². The fraction of sp³-hybridized carbons (Fsp3) is 0.100. The largest absolute Gasteiger partial charge is 0.323 e. The highest BCUT2D eigenvalue weighted by molar-refractivity contribution is 6.17. The molecule has 0 atom stereocenters. The average molecular weight is 196 g/mol. The Balaban J connectivity index is 2.69. The van der Waals surface area contributed by atoms with Gasteiger partial charge in [0.05, 0.1) is 0 Å². The van der Waals surface area contributed by atoms with Crippen LogP contribution < -0.4 is 5.32 Å². The molecule has 0 unspecified atom stereocenters. The van der Waals surface area contributed by atoms with Crippen LogP contribution in [0, 0.1) is 0 Å². The fourth-order valence-electron chi connectivity index (χ4n) is 0.870. The zero-order chi connectivity index (χ0) is 9.68. The van der Waals surface area contributed by atoms with E-state index in [1.165, 1.54) is 6.08 Å². The third-order valence-corrected chi connectivity index (χ3v) is 1.87. The van der Waals surface area contributed by atoms with E-state index in [0.717, 1.165) is 11.3 Å². The van der Waals surface area contributed by atoms with Crippen LogP contribution in [0.4, 0.5) is 5.69 Å². The van der Waals surface area contributed by atoms with Gasteiger partial charge < -0.3 is 5.32 Å². The summed E-state index contributed by atoms with van der Waals surface area (Å²) in [6.07, 6.45) is 1.23. The number of halogens is 1. The predicted molar refractivity (Wildman–Crippen MR) is 54.8 cm³/mol. The van der Waals surface area contributed by atoms with Crippen LogP contribution in [0.25, 0.3) is 0 Å². The molecule has 1 amide bonds. The van der Waals surface area contributed by atoms with Gasteiger partial charge in [0.15, 0.2) is 0 Å². The van der Waals surface area contributed by atoms with Crippen molar-refractivity contribution < 1.29 is 4.79 Å². The molecule has 0 aliphatic heterocycles. The lowest BCUT2D eigenvalue weighted by atomic mass is 10.2. The number of nitrogens with one attached hydrogen (secondary N) is 1. The molecule has 0 spiro atoms. The number of alkyl halides is 1. The standard InChI is InChI=1S/C10H10ClNO/c1-2-10(13)12-9-5-3-8(7-11)4-6-9/h2-6H,1,7H2,(H,12,13). The topological polar surface area (TPSA) is 29.1 Å². The first-order chi connectivity index (χ1) is 6.26. The van der Waals surface area contributed by atoms with Gasteiger partial charge in [0, 0.05) is 11.6 Å². The summed E-state index contributed by atoms with van der Waals surface area (Å²) >= 11 is 5.61. The minimum Gasteiger partial charge on any atom is -0.323 e. The maximum Gasteiger partial charge on any atom is 0.247 e. The summed E-state index contributed by atoms with van der Waals surface area (Å²) in [5.41, 5.74) is 1.78. The lowest BCUT2D eigenvalue weighted by molar-refractivity contribution is -0.111. The summed E-state index contributed by atoms with van der Waals surface area (Å²) in [4.78, 5) is 10.9. The first-order valence-corrected chi connectivity index (χ1v) is 4.38. The number of carbonyl (C=O) groups is 1. The normalized spacial score (nSPS) is 9.31. The molecule has 13 heavy (non-hydrogen) atoms. The van der Waals surface area contributed by atoms with E-state index >= 15 is 0 Å². The lowest BCUT2D eigenvalue weighted by Crippen LogP contribution is -2.06. The SMILES string of the molecule is C=CC(=O)Nc1ccc(CCl)cc1. The van der Waals surface area contributed by atoms with E-state index in [2.05, 4.69) is 11.9 Å². The van der Waals surface area contributed by atoms with Gasteiger partial charge in [-0.3, -0.25) is 4.79 Å². The molecule has 1 rings (SSSR count). The molecule has 3 heteroatoms. The van der Waals surface area contributed by atoms with E-state index in [4.69, 9.17) is 11.6 Å². The molecule has 0 aromatic heterocycles. The summed E-state index contributed by atoms with van der Waals surface area (Å²) < 4.78 is 0. The minimum absolute atomic E-state index is 0.210. The number of rotatable bonds is 3. The van der Waals surface area contributed by atoms with Gasteiger partial charge in [-0.15, -0.1) is 11.6 Å². The van der Waals surface area contributed by atoms with Crippen molar-refractivity contribution in [1.29, 1.82) is 0 Å². The zero-order valence-electron chi connectivity index (χ0n) is 7.09. The second kappa shape index (κ2) is 4.67. The van der Waals surface area contributed by atoms with Crippen LogP contribution in [0.15, 0.2) is 36.9 Å². The Bertz CT molecular complexity index is 305. The summed E-state index contributed by atoms with van der Waals surface area (Å²) in [7, 11) is 0. The van der Waals surface area contributed by atoms with E-state index in [1.54, 1.807) is 12.1 Å². The smallest absolute Gasteiger partial charge is 0.247 e. The zero-order valence-corrected chi connectivity index (χ0v) is 7.84. The van der Waals surface area contributed by atoms with Crippen LogP contribution in [-0.4, -0.2) is 5.91 Å². The van der Waals surface area contributed by atoms with Crippen molar-refractivity contribution in [3.05, 3.63) is 42.5 Å². The molecule has 1 aromatic carbocycles. The number of amides is 1. The van der Waals surface area contributed by atoms with Crippen molar-refractivity contribution in [2.75, 3.05) is 5.32 Å². The van der Waals surface area contributed by atoms with E-state index in [-0.39, 0.29) is 5.91 Å². The Labute approximate surface area is 82.2 Å². The lowest BCUT2D eigenvalue weighted by Gasteiger charge is -2.01. The molecular formula is C10H10ClNO. The predicted octanol–water partition coefficient (Wildman–Crippen LogP) is 2.55. The molecule has 0 aliphatic carbocycles. The average Bonchev–Trinajstić information content (AvgIpc) is 2.19. The van der Waals surface area contributed by atoms with Gasteiger partial charge in [-0.25, -0.2) is 0 Å². The molecule has 0 fully saturated rings. The van der Waals surface area contributed by atoms with Gasteiger partial charge in [-0.05, 0) is 23.8 Å². The summed E-state index contributed by atoms with van der Waals surface area (Å²) in [5.74, 6) is 0.272. The van der Waals surface area contributed by atoms with E-state index < -0.39 is 0 Å². The number of benzene rings is 1. The first-order valence-electron chi connectivity index (χ1n) is 3.84. The van der Waals surface area contributed by atoms with Gasteiger partial charge in [0.2, 0.25) is 5.91 Å². The molecule has 68 valence electrons. The van der Waals surface area contributed by atoms with Crippen LogP contribution in [0.2, 0.25) is 0 Å². The molecule has 1 N–H and O–H groups in total. The van der Waals surface area contributed by atoms with Gasteiger partial charge >= 0.3 is 0 Å². The van der Waals surface area contributed by atoms with Crippen molar-refractivity contribution in [1.82, 2.24) is 0 Å². The van der Waals surface area contributed by atoms with Crippen molar-refractivity contribution in [3.63, 3.8) is 0 Å². The summed E-state index contributed by atoms with van der Waals surface area (Å²) in [6.45, 7) is 3.36. The van der Waals surface area contributed by atoms with Crippen molar-refractivity contribution in [2.24, 2.45) is 0 Å². The Kier molecular flexibility index (Phi) is 3.53. The number of anilines is 1. The Morgan fingerprint density at radius 3 is 2.54 bits per heavy atom. The molecule has 0 saturated carbocycles. The van der Waals surface area contributed by atoms with Gasteiger partial charge in [-0.2, -0.15) is 0 Å². The molecule has 0 radical (unpaired) electrons. The first kappa shape index (κ1) is 9.81. The van der Waals surface area contributed by atoms with E-state index in [1.807, 2.05) is 12.1 Å². The van der Waals surface area contributed by atoms with Crippen molar-refractivity contribution in [3.8, 4) is 0 Å². The molecule has 0 saturated heterocycles. The van der Waals surface area contributed by atoms with E-state index in [9.17, 15) is 4.79 Å². The van der Waals surface area contributed by atoms with Crippen LogP contribution in [-0.2, 0) is 10.7 Å². The molecule has 0 bridgehead atoms. The van der Waals surface area contributed by atoms with Crippen LogP contribution in [0.3, 0.4) is 0 Å². The third-order valence-electron chi connectivity index (χ3n) is 1.56. The maximum atomic E-state index is 10.9. The molecule has 0 heterocycles. The second-order valence-corrected chi connectivity index (χ2v) is 2.79. The van der Waals surface area contributed by atoms with E-state index in [0.29, 0.717) is 5.88 Å². The highest BCUT2D eigenvalue weighted by atomic mass is 35.5. The Morgan fingerprint density at radius 1 is 1.46 bits per heavy atom. The minimum atomic E-state index is -0.210. The molecule has 2 nitrogen and oxygen atoms in total. The van der Waals surface area contributed by atoms with Crippen LogP contribution in [0.1, 0.15) is 5.56 Å². The number of hydrogen-bond donors (Lipinski definition) is 1. The fourth-order valence-corrected chi connectivity index (χ4v) is 1.05. The van der Waals surface area contributed by atoms with Gasteiger partial charge in [0.25, 0.3) is 0 Å².